The van der Waals surface area contributed by atoms with Gasteiger partial charge in [0.05, 0.1) is 7.11 Å². The number of benzene rings is 1. The van der Waals surface area contributed by atoms with Crippen molar-refractivity contribution in [3.63, 3.8) is 0 Å². The average Bonchev–Trinajstić information content (AvgIpc) is 3.01. The fourth-order valence-corrected chi connectivity index (χ4v) is 3.40. The number of rotatable bonds is 2. The van der Waals surface area contributed by atoms with Crippen LogP contribution in [0.4, 0.5) is 10.8 Å². The molecular formula is C13H11ClN2O2S. The minimum absolute atomic E-state index is 0.205. The summed E-state index contributed by atoms with van der Waals surface area (Å²) >= 11 is 7.26. The van der Waals surface area contributed by atoms with Crippen molar-refractivity contribution in [1.82, 2.24) is 4.98 Å². The van der Waals surface area contributed by atoms with E-state index in [4.69, 9.17) is 16.3 Å². The maximum absolute atomic E-state index is 11.6. The molecule has 0 unspecified atom stereocenters. The molecule has 0 aliphatic carbocycles. The standard InChI is InChI=1S/C13H11ClN2O2S/c1-18-12(17)10-11(14)15-13(19-10)16-7-6-8-4-2-3-5-9(8)16/h2-5H,6-7H2,1H3. The van der Waals surface area contributed by atoms with Gasteiger partial charge in [-0.3, -0.25) is 0 Å². The Balaban J connectivity index is 1.99. The number of carbonyl (C=O) groups is 1. The van der Waals surface area contributed by atoms with Gasteiger partial charge in [0.2, 0.25) is 0 Å². The topological polar surface area (TPSA) is 42.4 Å². The first-order valence-corrected chi connectivity index (χ1v) is 7.00. The molecular weight excluding hydrogens is 284 g/mol. The normalized spacial score (nSPS) is 13.5. The van der Waals surface area contributed by atoms with Crippen LogP contribution < -0.4 is 4.90 Å². The Labute approximate surface area is 119 Å². The van der Waals surface area contributed by atoms with Crippen molar-refractivity contribution >= 4 is 39.7 Å². The number of anilines is 2. The van der Waals surface area contributed by atoms with Crippen molar-refractivity contribution in [2.75, 3.05) is 18.6 Å². The summed E-state index contributed by atoms with van der Waals surface area (Å²) in [5.41, 5.74) is 2.41. The molecule has 0 radical (unpaired) electrons. The van der Waals surface area contributed by atoms with Gasteiger partial charge in [-0.25, -0.2) is 9.78 Å². The Bertz CT molecular complexity index is 641. The van der Waals surface area contributed by atoms with Crippen LogP contribution in [0.25, 0.3) is 0 Å². The molecule has 1 aliphatic rings. The summed E-state index contributed by atoms with van der Waals surface area (Å²) in [6.07, 6.45) is 0.973. The van der Waals surface area contributed by atoms with Gasteiger partial charge < -0.3 is 9.64 Å². The van der Waals surface area contributed by atoms with E-state index in [9.17, 15) is 4.79 Å². The molecule has 3 rings (SSSR count). The largest absolute Gasteiger partial charge is 0.465 e. The Morgan fingerprint density at radius 3 is 3.05 bits per heavy atom. The predicted molar refractivity (Wildman–Crippen MR) is 75.6 cm³/mol. The zero-order chi connectivity index (χ0) is 13.4. The summed E-state index contributed by atoms with van der Waals surface area (Å²) in [6, 6.07) is 8.17. The molecule has 6 heteroatoms. The Kier molecular flexibility index (Phi) is 3.16. The SMILES string of the molecule is COC(=O)c1sc(N2CCc3ccccc32)nc1Cl. The molecule has 4 nitrogen and oxygen atoms in total. The van der Waals surface area contributed by atoms with Crippen molar-refractivity contribution in [2.24, 2.45) is 0 Å². The number of thiazole rings is 1. The zero-order valence-electron chi connectivity index (χ0n) is 10.2. The molecule has 1 aliphatic heterocycles. The summed E-state index contributed by atoms with van der Waals surface area (Å²) in [5, 5.41) is 0.937. The first-order valence-electron chi connectivity index (χ1n) is 5.81. The van der Waals surface area contributed by atoms with Crippen molar-refractivity contribution < 1.29 is 9.53 Å². The summed E-state index contributed by atoms with van der Waals surface area (Å²) in [5.74, 6) is -0.443. The first-order chi connectivity index (χ1) is 9.20. The molecule has 1 aromatic carbocycles. The molecule has 2 heterocycles. The lowest BCUT2D eigenvalue weighted by Crippen LogP contribution is -2.12. The number of halogens is 1. The van der Waals surface area contributed by atoms with Gasteiger partial charge >= 0.3 is 5.97 Å². The van der Waals surface area contributed by atoms with Gasteiger partial charge in [-0.15, -0.1) is 0 Å². The number of methoxy groups -OCH3 is 1. The number of carbonyl (C=O) groups excluding carboxylic acids is 1. The molecule has 19 heavy (non-hydrogen) atoms. The molecule has 0 bridgehead atoms. The maximum atomic E-state index is 11.6. The molecule has 2 aromatic rings. The third kappa shape index (κ3) is 2.09. The molecule has 0 spiro atoms. The van der Waals surface area contributed by atoms with Gasteiger partial charge in [0, 0.05) is 12.2 Å². The lowest BCUT2D eigenvalue weighted by atomic mass is 10.2. The van der Waals surface area contributed by atoms with E-state index in [2.05, 4.69) is 22.0 Å². The van der Waals surface area contributed by atoms with Crippen LogP contribution in [0.15, 0.2) is 24.3 Å². The van der Waals surface area contributed by atoms with Gasteiger partial charge in [0.15, 0.2) is 15.2 Å². The zero-order valence-corrected chi connectivity index (χ0v) is 11.8. The van der Waals surface area contributed by atoms with Crippen LogP contribution >= 0.6 is 22.9 Å². The monoisotopic (exact) mass is 294 g/mol. The molecule has 0 atom stereocenters. The van der Waals surface area contributed by atoms with E-state index in [1.54, 1.807) is 0 Å². The van der Waals surface area contributed by atoms with Crippen LogP contribution in [0.1, 0.15) is 15.2 Å². The van der Waals surface area contributed by atoms with E-state index < -0.39 is 5.97 Å². The van der Waals surface area contributed by atoms with Crippen molar-refractivity contribution in [3.05, 3.63) is 39.9 Å². The Morgan fingerprint density at radius 1 is 1.47 bits per heavy atom. The van der Waals surface area contributed by atoms with E-state index in [-0.39, 0.29) is 5.15 Å². The molecule has 0 saturated carbocycles. The highest BCUT2D eigenvalue weighted by atomic mass is 35.5. The number of fused-ring (bicyclic) bond motifs is 1. The molecule has 0 N–H and O–H groups in total. The Hall–Kier alpha value is -1.59. The average molecular weight is 295 g/mol. The minimum Gasteiger partial charge on any atom is -0.465 e. The second-order valence-electron chi connectivity index (χ2n) is 4.14. The van der Waals surface area contributed by atoms with Gasteiger partial charge in [-0.2, -0.15) is 0 Å². The second kappa shape index (κ2) is 4.83. The smallest absolute Gasteiger partial charge is 0.351 e. The highest BCUT2D eigenvalue weighted by Gasteiger charge is 2.25. The maximum Gasteiger partial charge on any atom is 0.351 e. The fraction of sp³-hybridized carbons (Fsp3) is 0.231. The number of ether oxygens (including phenoxy) is 1. The van der Waals surface area contributed by atoms with Crippen molar-refractivity contribution in [1.29, 1.82) is 0 Å². The third-order valence-electron chi connectivity index (χ3n) is 3.06. The molecule has 1 aromatic heterocycles. The van der Waals surface area contributed by atoms with E-state index in [0.29, 0.717) is 4.88 Å². The lowest BCUT2D eigenvalue weighted by molar-refractivity contribution is 0.0606. The summed E-state index contributed by atoms with van der Waals surface area (Å²) in [6.45, 7) is 0.851. The molecule has 0 fully saturated rings. The molecule has 0 amide bonds. The lowest BCUT2D eigenvalue weighted by Gasteiger charge is -2.15. The number of hydrogen-bond acceptors (Lipinski definition) is 5. The van der Waals surface area contributed by atoms with Crippen LogP contribution in [-0.2, 0) is 11.2 Å². The quantitative estimate of drug-likeness (QED) is 0.797. The number of esters is 1. The van der Waals surface area contributed by atoms with E-state index in [1.165, 1.54) is 24.0 Å². The van der Waals surface area contributed by atoms with Crippen LogP contribution in [0.5, 0.6) is 0 Å². The van der Waals surface area contributed by atoms with Crippen LogP contribution in [0, 0.1) is 0 Å². The molecule has 0 saturated heterocycles. The van der Waals surface area contributed by atoms with Gasteiger partial charge in [0.1, 0.15) is 0 Å². The minimum atomic E-state index is -0.443. The third-order valence-corrected chi connectivity index (χ3v) is 4.51. The van der Waals surface area contributed by atoms with Gasteiger partial charge in [0.25, 0.3) is 0 Å². The van der Waals surface area contributed by atoms with Crippen LogP contribution in [-0.4, -0.2) is 24.6 Å². The summed E-state index contributed by atoms with van der Waals surface area (Å²) in [7, 11) is 1.34. The number of nitrogens with zero attached hydrogens (tertiary/aromatic N) is 2. The summed E-state index contributed by atoms with van der Waals surface area (Å²) in [4.78, 5) is 18.3. The number of aromatic nitrogens is 1. The summed E-state index contributed by atoms with van der Waals surface area (Å²) < 4.78 is 4.69. The van der Waals surface area contributed by atoms with E-state index in [1.807, 2.05) is 12.1 Å². The van der Waals surface area contributed by atoms with E-state index in [0.717, 1.165) is 23.8 Å². The van der Waals surface area contributed by atoms with Crippen molar-refractivity contribution in [2.45, 2.75) is 6.42 Å². The number of hydrogen-bond donors (Lipinski definition) is 0. The van der Waals surface area contributed by atoms with Crippen molar-refractivity contribution in [3.8, 4) is 0 Å². The molecule has 98 valence electrons. The first kappa shape index (κ1) is 12.4. The van der Waals surface area contributed by atoms with E-state index >= 15 is 0 Å². The fourth-order valence-electron chi connectivity index (χ4n) is 2.16. The second-order valence-corrected chi connectivity index (χ2v) is 5.47. The highest BCUT2D eigenvalue weighted by molar-refractivity contribution is 7.18. The predicted octanol–water partition coefficient (Wildman–Crippen LogP) is 3.28. The number of para-hydroxylation sites is 1. The van der Waals surface area contributed by atoms with Crippen LogP contribution in [0.2, 0.25) is 5.15 Å². The highest BCUT2D eigenvalue weighted by Crippen LogP contribution is 2.38. The van der Waals surface area contributed by atoms with Crippen LogP contribution in [0.3, 0.4) is 0 Å². The Morgan fingerprint density at radius 2 is 2.26 bits per heavy atom. The van der Waals surface area contributed by atoms with Gasteiger partial charge in [-0.05, 0) is 18.1 Å². The van der Waals surface area contributed by atoms with Gasteiger partial charge in [-0.1, -0.05) is 41.1 Å².